The van der Waals surface area contributed by atoms with E-state index in [1.165, 1.54) is 23.9 Å². The van der Waals surface area contributed by atoms with Gasteiger partial charge in [-0.25, -0.2) is 4.39 Å². The van der Waals surface area contributed by atoms with Gasteiger partial charge in [0.1, 0.15) is 5.82 Å². The lowest BCUT2D eigenvalue weighted by Gasteiger charge is -2.12. The summed E-state index contributed by atoms with van der Waals surface area (Å²) in [7, 11) is 0. The van der Waals surface area contributed by atoms with Crippen LogP contribution >= 0.6 is 23.4 Å². The van der Waals surface area contributed by atoms with E-state index in [-0.39, 0.29) is 5.82 Å². The van der Waals surface area contributed by atoms with E-state index in [0.717, 1.165) is 9.79 Å². The Balaban J connectivity index is 2.37. The third-order valence-electron chi connectivity index (χ3n) is 2.48. The van der Waals surface area contributed by atoms with E-state index in [0.29, 0.717) is 10.6 Å². The lowest BCUT2D eigenvalue weighted by molar-refractivity contribution is 0.196. The van der Waals surface area contributed by atoms with E-state index in [9.17, 15) is 9.50 Å². The fraction of sp³-hybridized carbons (Fsp3) is 0.143. The number of hydrogen-bond acceptors (Lipinski definition) is 2. The molecule has 1 atom stereocenters. The topological polar surface area (TPSA) is 20.2 Å². The second-order valence-electron chi connectivity index (χ2n) is 3.89. The summed E-state index contributed by atoms with van der Waals surface area (Å²) >= 11 is 7.50. The maximum absolute atomic E-state index is 13.2. The Hall–Kier alpha value is -1.03. The number of hydrogen-bond donors (Lipinski definition) is 1. The van der Waals surface area contributed by atoms with E-state index < -0.39 is 6.10 Å². The fourth-order valence-electron chi connectivity index (χ4n) is 1.58. The molecule has 0 heterocycles. The van der Waals surface area contributed by atoms with E-state index in [4.69, 9.17) is 11.6 Å². The van der Waals surface area contributed by atoms with E-state index in [2.05, 4.69) is 0 Å². The quantitative estimate of drug-likeness (QED) is 0.882. The molecule has 0 aromatic heterocycles. The first kappa shape index (κ1) is 13.4. The zero-order chi connectivity index (χ0) is 13.1. The molecule has 4 heteroatoms. The van der Waals surface area contributed by atoms with Crippen LogP contribution < -0.4 is 0 Å². The molecule has 1 nitrogen and oxygen atoms in total. The van der Waals surface area contributed by atoms with Crippen LogP contribution in [0.3, 0.4) is 0 Å². The van der Waals surface area contributed by atoms with Crippen molar-refractivity contribution >= 4 is 23.4 Å². The molecule has 1 N–H and O–H groups in total. The predicted octanol–water partition coefficient (Wildman–Crippen LogP) is 4.68. The second kappa shape index (κ2) is 5.74. The van der Waals surface area contributed by atoms with Crippen molar-refractivity contribution in [3.05, 3.63) is 58.9 Å². The van der Waals surface area contributed by atoms with Crippen LogP contribution in [0.25, 0.3) is 0 Å². The molecular formula is C14H12ClFOS. The molecule has 0 bridgehead atoms. The maximum atomic E-state index is 13.2. The highest BCUT2D eigenvalue weighted by Crippen LogP contribution is 2.37. The SMILES string of the molecule is C[C@@H](O)c1cc(F)ccc1Sc1ccccc1Cl. The Morgan fingerprint density at radius 3 is 2.56 bits per heavy atom. The van der Waals surface area contributed by atoms with Crippen molar-refractivity contribution in [1.29, 1.82) is 0 Å². The van der Waals surface area contributed by atoms with Crippen LogP contribution in [0.15, 0.2) is 52.3 Å². The fourth-order valence-corrected chi connectivity index (χ4v) is 2.87. The molecule has 94 valence electrons. The summed E-state index contributed by atoms with van der Waals surface area (Å²) in [5, 5.41) is 10.3. The van der Waals surface area contributed by atoms with Crippen LogP contribution in [0.5, 0.6) is 0 Å². The Labute approximate surface area is 115 Å². The van der Waals surface area contributed by atoms with Gasteiger partial charge in [-0.15, -0.1) is 0 Å². The minimum Gasteiger partial charge on any atom is -0.389 e. The molecule has 0 fully saturated rings. The summed E-state index contributed by atoms with van der Waals surface area (Å²) in [6.07, 6.45) is -0.717. The highest BCUT2D eigenvalue weighted by atomic mass is 35.5. The molecule has 0 spiro atoms. The molecule has 2 aromatic carbocycles. The number of aliphatic hydroxyl groups excluding tert-OH is 1. The molecule has 18 heavy (non-hydrogen) atoms. The number of rotatable bonds is 3. The largest absolute Gasteiger partial charge is 0.389 e. The minimum absolute atomic E-state index is 0.352. The van der Waals surface area contributed by atoms with Gasteiger partial charge in [-0.3, -0.25) is 0 Å². The Morgan fingerprint density at radius 1 is 1.17 bits per heavy atom. The third-order valence-corrected chi connectivity index (χ3v) is 4.09. The molecule has 0 unspecified atom stereocenters. The van der Waals surface area contributed by atoms with Gasteiger partial charge in [-0.2, -0.15) is 0 Å². The smallest absolute Gasteiger partial charge is 0.123 e. The van der Waals surface area contributed by atoms with Crippen molar-refractivity contribution in [3.8, 4) is 0 Å². The van der Waals surface area contributed by atoms with Gasteiger partial charge in [-0.1, -0.05) is 35.5 Å². The zero-order valence-corrected chi connectivity index (χ0v) is 11.3. The van der Waals surface area contributed by atoms with Gasteiger partial charge in [0.25, 0.3) is 0 Å². The molecule has 0 aliphatic carbocycles. The van der Waals surface area contributed by atoms with E-state index >= 15 is 0 Å². The van der Waals surface area contributed by atoms with Crippen molar-refractivity contribution in [3.63, 3.8) is 0 Å². The van der Waals surface area contributed by atoms with Crippen LogP contribution in [-0.2, 0) is 0 Å². The second-order valence-corrected chi connectivity index (χ2v) is 5.38. The van der Waals surface area contributed by atoms with Crippen molar-refractivity contribution in [2.24, 2.45) is 0 Å². The molecular weight excluding hydrogens is 271 g/mol. The molecule has 0 radical (unpaired) electrons. The van der Waals surface area contributed by atoms with Gasteiger partial charge in [0, 0.05) is 9.79 Å². The average molecular weight is 283 g/mol. The van der Waals surface area contributed by atoms with Gasteiger partial charge < -0.3 is 5.11 Å². The van der Waals surface area contributed by atoms with Crippen molar-refractivity contribution in [2.45, 2.75) is 22.8 Å². The molecule has 0 aliphatic rings. The zero-order valence-electron chi connectivity index (χ0n) is 9.73. The summed E-state index contributed by atoms with van der Waals surface area (Å²) in [4.78, 5) is 1.69. The van der Waals surface area contributed by atoms with Gasteiger partial charge in [0.05, 0.1) is 11.1 Å². The number of aliphatic hydroxyl groups is 1. The molecule has 2 rings (SSSR count). The summed E-state index contributed by atoms with van der Waals surface area (Å²) in [6, 6.07) is 11.8. The van der Waals surface area contributed by atoms with Crippen molar-refractivity contribution in [2.75, 3.05) is 0 Å². The highest BCUT2D eigenvalue weighted by molar-refractivity contribution is 7.99. The third kappa shape index (κ3) is 3.05. The first-order valence-corrected chi connectivity index (χ1v) is 6.67. The van der Waals surface area contributed by atoms with Crippen molar-refractivity contribution in [1.82, 2.24) is 0 Å². The number of benzene rings is 2. The Morgan fingerprint density at radius 2 is 1.89 bits per heavy atom. The number of halogens is 2. The monoisotopic (exact) mass is 282 g/mol. The van der Waals surface area contributed by atoms with Gasteiger partial charge in [-0.05, 0) is 42.8 Å². The molecule has 0 saturated heterocycles. The lowest BCUT2D eigenvalue weighted by atomic mass is 10.1. The highest BCUT2D eigenvalue weighted by Gasteiger charge is 2.11. The summed E-state index contributed by atoms with van der Waals surface area (Å²) in [5.41, 5.74) is 0.569. The molecule has 0 amide bonds. The molecule has 0 aliphatic heterocycles. The summed E-state index contributed by atoms with van der Waals surface area (Å²) in [6.45, 7) is 1.62. The molecule has 2 aromatic rings. The van der Waals surface area contributed by atoms with Gasteiger partial charge >= 0.3 is 0 Å². The Bertz CT molecular complexity index is 557. The van der Waals surface area contributed by atoms with Crippen LogP contribution in [0.1, 0.15) is 18.6 Å². The average Bonchev–Trinajstić information content (AvgIpc) is 2.34. The van der Waals surface area contributed by atoms with E-state index in [1.54, 1.807) is 19.1 Å². The lowest BCUT2D eigenvalue weighted by Crippen LogP contribution is -1.95. The summed E-state index contributed by atoms with van der Waals surface area (Å²) in [5.74, 6) is -0.352. The standard InChI is InChI=1S/C14H12ClFOS/c1-9(17)11-8-10(16)6-7-13(11)18-14-5-3-2-4-12(14)15/h2-9,17H,1H3/t9-/m1/s1. The van der Waals surface area contributed by atoms with E-state index in [1.807, 2.05) is 18.2 Å². The maximum Gasteiger partial charge on any atom is 0.123 e. The first-order chi connectivity index (χ1) is 8.58. The van der Waals surface area contributed by atoms with Crippen LogP contribution in [0.4, 0.5) is 4.39 Å². The van der Waals surface area contributed by atoms with Gasteiger partial charge in [0.15, 0.2) is 0 Å². The predicted molar refractivity (Wildman–Crippen MR) is 72.6 cm³/mol. The normalized spacial score (nSPS) is 12.4. The minimum atomic E-state index is -0.717. The van der Waals surface area contributed by atoms with Crippen LogP contribution in [-0.4, -0.2) is 5.11 Å². The molecule has 0 saturated carbocycles. The van der Waals surface area contributed by atoms with Gasteiger partial charge in [0.2, 0.25) is 0 Å². The Kier molecular flexibility index (Phi) is 4.27. The van der Waals surface area contributed by atoms with Crippen LogP contribution in [0, 0.1) is 5.82 Å². The van der Waals surface area contributed by atoms with Crippen LogP contribution in [0.2, 0.25) is 5.02 Å². The van der Waals surface area contributed by atoms with Crippen molar-refractivity contribution < 1.29 is 9.50 Å². The summed E-state index contributed by atoms with van der Waals surface area (Å²) < 4.78 is 13.2. The first-order valence-electron chi connectivity index (χ1n) is 5.48.